The van der Waals surface area contributed by atoms with Crippen molar-refractivity contribution in [2.75, 3.05) is 12.0 Å². The number of rotatable bonds is 3. The first-order valence-electron chi connectivity index (χ1n) is 4.58. The van der Waals surface area contributed by atoms with Gasteiger partial charge in [0, 0.05) is 13.1 Å². The largest absolute Gasteiger partial charge is 0.384 e. The molecule has 0 aliphatic carbocycles. The highest BCUT2D eigenvalue weighted by molar-refractivity contribution is 7.99. The quantitative estimate of drug-likeness (QED) is 0.471. The summed E-state index contributed by atoms with van der Waals surface area (Å²) in [5.74, 6) is 0.396. The lowest BCUT2D eigenvalue weighted by Crippen LogP contribution is -2.12. The maximum atomic E-state index is 11.2. The minimum atomic E-state index is -0.264. The normalized spacial score (nSPS) is 10.7. The van der Waals surface area contributed by atoms with E-state index in [1.54, 1.807) is 13.1 Å². The Morgan fingerprint density at radius 2 is 2.24 bits per heavy atom. The van der Waals surface area contributed by atoms with Gasteiger partial charge in [-0.1, -0.05) is 11.8 Å². The second-order valence-corrected chi connectivity index (χ2v) is 4.85. The molecule has 2 rings (SSSR count). The van der Waals surface area contributed by atoms with E-state index in [-0.39, 0.29) is 5.69 Å². The number of anilines is 1. The molecular formula is C8H10N6OS2. The third-order valence-corrected chi connectivity index (χ3v) is 3.43. The van der Waals surface area contributed by atoms with Crippen LogP contribution in [0.4, 0.5) is 5.82 Å². The second kappa shape index (κ2) is 4.80. The van der Waals surface area contributed by atoms with Gasteiger partial charge < -0.3 is 5.73 Å². The molecule has 90 valence electrons. The van der Waals surface area contributed by atoms with Crippen LogP contribution >= 0.6 is 23.5 Å². The summed E-state index contributed by atoms with van der Waals surface area (Å²) in [5, 5.41) is 8.01. The molecule has 0 saturated carbocycles. The number of hydrogen-bond donors (Lipinski definition) is 2. The lowest BCUT2D eigenvalue weighted by atomic mass is 10.6. The number of aromatic nitrogens is 5. The molecule has 2 aromatic heterocycles. The number of nitrogens with two attached hydrogens (primary N) is 1. The SMILES string of the molecule is CSc1nc(N)cc(Sc2n[nH]c(=O)n2C)n1. The molecule has 0 atom stereocenters. The van der Waals surface area contributed by atoms with Gasteiger partial charge in [-0.25, -0.2) is 19.9 Å². The molecule has 17 heavy (non-hydrogen) atoms. The van der Waals surface area contributed by atoms with Crippen LogP contribution in [0, 0.1) is 0 Å². The Labute approximate surface area is 105 Å². The zero-order chi connectivity index (χ0) is 12.4. The van der Waals surface area contributed by atoms with Crippen LogP contribution in [0.3, 0.4) is 0 Å². The molecule has 0 fully saturated rings. The van der Waals surface area contributed by atoms with Gasteiger partial charge in [0.2, 0.25) is 0 Å². The number of nitrogens with zero attached hydrogens (tertiary/aromatic N) is 4. The van der Waals surface area contributed by atoms with E-state index < -0.39 is 0 Å². The number of aromatic amines is 1. The van der Waals surface area contributed by atoms with Gasteiger partial charge in [-0.2, -0.15) is 0 Å². The summed E-state index contributed by atoms with van der Waals surface area (Å²) in [5.41, 5.74) is 5.39. The fraction of sp³-hybridized carbons (Fsp3) is 0.250. The van der Waals surface area contributed by atoms with Crippen LogP contribution in [0.1, 0.15) is 0 Å². The zero-order valence-electron chi connectivity index (χ0n) is 9.17. The topological polar surface area (TPSA) is 102 Å². The standard InChI is InChI=1S/C8H10N6OS2/c1-14-7(15)12-13-8(14)17-5-3-4(9)10-6(11-5)16-2/h3H,1-2H3,(H,12,15)(H2,9,10,11). The van der Waals surface area contributed by atoms with Crippen LogP contribution in [0.25, 0.3) is 0 Å². The van der Waals surface area contributed by atoms with Crippen molar-refractivity contribution >= 4 is 29.3 Å². The van der Waals surface area contributed by atoms with Crippen molar-refractivity contribution in [3.8, 4) is 0 Å². The zero-order valence-corrected chi connectivity index (χ0v) is 10.8. The first-order valence-corrected chi connectivity index (χ1v) is 6.62. The van der Waals surface area contributed by atoms with Crippen molar-refractivity contribution in [3.63, 3.8) is 0 Å². The van der Waals surface area contributed by atoms with Crippen LogP contribution in [0.2, 0.25) is 0 Å². The molecule has 0 aliphatic rings. The van der Waals surface area contributed by atoms with Crippen molar-refractivity contribution in [1.29, 1.82) is 0 Å². The van der Waals surface area contributed by atoms with Crippen LogP contribution in [-0.2, 0) is 7.05 Å². The van der Waals surface area contributed by atoms with E-state index in [1.807, 2.05) is 6.26 Å². The van der Waals surface area contributed by atoms with Crippen molar-refractivity contribution in [2.24, 2.45) is 7.05 Å². The molecule has 3 N–H and O–H groups in total. The van der Waals surface area contributed by atoms with Crippen LogP contribution in [0.5, 0.6) is 0 Å². The Morgan fingerprint density at radius 1 is 1.47 bits per heavy atom. The molecule has 0 spiro atoms. The smallest absolute Gasteiger partial charge is 0.343 e. The number of H-pyrrole nitrogens is 1. The fourth-order valence-electron chi connectivity index (χ4n) is 1.08. The van der Waals surface area contributed by atoms with Gasteiger partial charge in [-0.15, -0.1) is 5.10 Å². The Morgan fingerprint density at radius 3 is 2.82 bits per heavy atom. The molecular weight excluding hydrogens is 260 g/mol. The Balaban J connectivity index is 2.33. The summed E-state index contributed by atoms with van der Waals surface area (Å²) >= 11 is 2.66. The number of nitrogens with one attached hydrogen (secondary N) is 1. The predicted octanol–water partition coefficient (Wildman–Crippen LogP) is 0.354. The molecule has 0 unspecified atom stereocenters. The maximum absolute atomic E-state index is 11.2. The van der Waals surface area contributed by atoms with Gasteiger partial charge >= 0.3 is 5.69 Å². The van der Waals surface area contributed by atoms with Crippen LogP contribution in [0.15, 0.2) is 26.2 Å². The Kier molecular flexibility index (Phi) is 3.38. The highest BCUT2D eigenvalue weighted by atomic mass is 32.2. The van der Waals surface area contributed by atoms with E-state index in [1.165, 1.54) is 28.1 Å². The Hall–Kier alpha value is -1.48. The van der Waals surface area contributed by atoms with Gasteiger partial charge in [-0.05, 0) is 18.0 Å². The summed E-state index contributed by atoms with van der Waals surface area (Å²) in [6.45, 7) is 0. The molecule has 0 saturated heterocycles. The van der Waals surface area contributed by atoms with Crippen LogP contribution < -0.4 is 11.4 Å². The molecule has 0 bridgehead atoms. The van der Waals surface area contributed by atoms with E-state index in [0.717, 1.165) is 0 Å². The second-order valence-electron chi connectivity index (χ2n) is 3.09. The maximum Gasteiger partial charge on any atom is 0.343 e. The monoisotopic (exact) mass is 270 g/mol. The molecule has 2 aromatic rings. The van der Waals surface area contributed by atoms with Gasteiger partial charge in [0.05, 0.1) is 0 Å². The van der Waals surface area contributed by atoms with Crippen molar-refractivity contribution < 1.29 is 0 Å². The molecule has 0 aliphatic heterocycles. The van der Waals surface area contributed by atoms with Gasteiger partial charge in [-0.3, -0.25) is 4.57 Å². The highest BCUT2D eigenvalue weighted by Crippen LogP contribution is 2.25. The summed E-state index contributed by atoms with van der Waals surface area (Å²) < 4.78 is 1.40. The van der Waals surface area contributed by atoms with E-state index in [9.17, 15) is 4.79 Å². The lowest BCUT2D eigenvalue weighted by molar-refractivity contribution is 0.763. The van der Waals surface area contributed by atoms with Gasteiger partial charge in [0.15, 0.2) is 10.3 Å². The molecule has 0 aromatic carbocycles. The average Bonchev–Trinajstić information content (AvgIpc) is 2.60. The molecule has 0 radical (unpaired) electrons. The predicted molar refractivity (Wildman–Crippen MR) is 66.2 cm³/mol. The number of thioether (sulfide) groups is 1. The average molecular weight is 270 g/mol. The lowest BCUT2D eigenvalue weighted by Gasteiger charge is -2.02. The summed E-state index contributed by atoms with van der Waals surface area (Å²) in [6.07, 6.45) is 1.87. The fourth-order valence-corrected chi connectivity index (χ4v) is 2.34. The molecule has 0 amide bonds. The van der Waals surface area contributed by atoms with E-state index >= 15 is 0 Å². The summed E-state index contributed by atoms with van der Waals surface area (Å²) in [7, 11) is 1.63. The van der Waals surface area contributed by atoms with Crippen LogP contribution in [-0.4, -0.2) is 31.0 Å². The van der Waals surface area contributed by atoms with Crippen molar-refractivity contribution in [3.05, 3.63) is 16.6 Å². The number of hydrogen-bond acceptors (Lipinski definition) is 7. The minimum absolute atomic E-state index is 0.264. The minimum Gasteiger partial charge on any atom is -0.384 e. The molecule has 7 nitrogen and oxygen atoms in total. The first-order chi connectivity index (χ1) is 8.10. The van der Waals surface area contributed by atoms with E-state index in [4.69, 9.17) is 5.73 Å². The van der Waals surface area contributed by atoms with Crippen molar-refractivity contribution in [1.82, 2.24) is 24.7 Å². The van der Waals surface area contributed by atoms with E-state index in [0.29, 0.717) is 21.2 Å². The summed E-state index contributed by atoms with van der Waals surface area (Å²) in [4.78, 5) is 19.5. The Bertz CT molecular complexity index is 592. The third kappa shape index (κ3) is 2.61. The van der Waals surface area contributed by atoms with Gasteiger partial charge in [0.25, 0.3) is 0 Å². The van der Waals surface area contributed by atoms with Crippen molar-refractivity contribution in [2.45, 2.75) is 15.3 Å². The third-order valence-electron chi connectivity index (χ3n) is 1.92. The summed E-state index contributed by atoms with van der Waals surface area (Å²) in [6, 6.07) is 1.64. The number of nitrogen functional groups attached to an aromatic ring is 1. The van der Waals surface area contributed by atoms with Gasteiger partial charge in [0.1, 0.15) is 10.8 Å². The first kappa shape index (κ1) is 12.0. The van der Waals surface area contributed by atoms with E-state index in [2.05, 4.69) is 20.2 Å². The molecule has 9 heteroatoms. The molecule has 2 heterocycles. The highest BCUT2D eigenvalue weighted by Gasteiger charge is 2.09.